The molecule has 0 radical (unpaired) electrons. The quantitative estimate of drug-likeness (QED) is 0.723. The van der Waals surface area contributed by atoms with Gasteiger partial charge in [-0.05, 0) is 63.4 Å². The van der Waals surface area contributed by atoms with Crippen LogP contribution in [0.25, 0.3) is 0 Å². The fourth-order valence-electron chi connectivity index (χ4n) is 3.09. The second-order valence-electron chi connectivity index (χ2n) is 6.85. The van der Waals surface area contributed by atoms with Crippen LogP contribution in [0.1, 0.15) is 33.6 Å². The molecule has 1 saturated heterocycles. The molecule has 1 heterocycles. The third kappa shape index (κ3) is 6.55. The van der Waals surface area contributed by atoms with E-state index in [-0.39, 0.29) is 6.03 Å². The summed E-state index contributed by atoms with van der Waals surface area (Å²) in [5.41, 5.74) is 1.28. The van der Waals surface area contributed by atoms with Crippen molar-refractivity contribution in [2.75, 3.05) is 36.9 Å². The second kappa shape index (κ2) is 10.0. The zero-order valence-electron chi connectivity index (χ0n) is 15.9. The summed E-state index contributed by atoms with van der Waals surface area (Å²) in [5, 5.41) is 8.34. The molecule has 1 aliphatic rings. The van der Waals surface area contributed by atoms with Gasteiger partial charge >= 0.3 is 12.1 Å². The number of nitrogens with zero attached hydrogens (tertiary/aromatic N) is 1. The topological polar surface area (TPSA) is 82.7 Å². The third-order valence-corrected chi connectivity index (χ3v) is 4.53. The minimum Gasteiger partial charge on any atom is -0.450 e. The summed E-state index contributed by atoms with van der Waals surface area (Å²) >= 11 is 0. The predicted molar refractivity (Wildman–Crippen MR) is 104 cm³/mol. The minimum atomic E-state index is -0.494. The fourth-order valence-corrected chi connectivity index (χ4v) is 3.09. The number of ether oxygens (including phenoxy) is 1. The van der Waals surface area contributed by atoms with Crippen LogP contribution in [0, 0.1) is 5.92 Å². The lowest BCUT2D eigenvalue weighted by molar-refractivity contribution is 0.138. The van der Waals surface area contributed by atoms with E-state index in [9.17, 15) is 9.59 Å². The minimum absolute atomic E-state index is 0.229. The van der Waals surface area contributed by atoms with E-state index in [2.05, 4.69) is 34.7 Å². The summed E-state index contributed by atoms with van der Waals surface area (Å²) < 4.78 is 4.82. The van der Waals surface area contributed by atoms with Gasteiger partial charge in [-0.3, -0.25) is 10.2 Å². The van der Waals surface area contributed by atoms with E-state index in [1.807, 2.05) is 0 Å². The highest BCUT2D eigenvalue weighted by molar-refractivity contribution is 5.90. The maximum atomic E-state index is 12.1. The Bertz CT molecular complexity index is 591. The van der Waals surface area contributed by atoms with Gasteiger partial charge < -0.3 is 15.4 Å². The van der Waals surface area contributed by atoms with Gasteiger partial charge in [0.05, 0.1) is 6.61 Å². The Hall–Kier alpha value is -2.28. The van der Waals surface area contributed by atoms with Gasteiger partial charge in [0.15, 0.2) is 0 Å². The molecular formula is C19H30N4O3. The van der Waals surface area contributed by atoms with Crippen LogP contribution in [-0.4, -0.2) is 49.3 Å². The molecule has 3 N–H and O–H groups in total. The average molecular weight is 362 g/mol. The van der Waals surface area contributed by atoms with Gasteiger partial charge in [0.2, 0.25) is 0 Å². The van der Waals surface area contributed by atoms with E-state index in [1.165, 1.54) is 12.8 Å². The number of hydrogen-bond acceptors (Lipinski definition) is 4. The third-order valence-electron chi connectivity index (χ3n) is 4.53. The molecular weight excluding hydrogens is 332 g/mol. The second-order valence-corrected chi connectivity index (χ2v) is 6.85. The van der Waals surface area contributed by atoms with Crippen molar-refractivity contribution in [2.45, 2.75) is 39.7 Å². The molecule has 1 aromatic rings. The first-order valence-electron chi connectivity index (χ1n) is 9.30. The highest BCUT2D eigenvalue weighted by atomic mass is 16.5. The van der Waals surface area contributed by atoms with Gasteiger partial charge in [0.25, 0.3) is 0 Å². The number of hydrogen-bond donors (Lipinski definition) is 3. The molecule has 0 saturated carbocycles. The molecule has 0 aliphatic carbocycles. The van der Waals surface area contributed by atoms with Crippen LogP contribution >= 0.6 is 0 Å². The van der Waals surface area contributed by atoms with Crippen molar-refractivity contribution in [2.24, 2.45) is 5.92 Å². The van der Waals surface area contributed by atoms with E-state index in [1.54, 1.807) is 31.2 Å². The molecule has 7 heteroatoms. The maximum absolute atomic E-state index is 12.1. The Morgan fingerprint density at radius 1 is 1.23 bits per heavy atom. The van der Waals surface area contributed by atoms with E-state index >= 15 is 0 Å². The van der Waals surface area contributed by atoms with E-state index in [4.69, 9.17) is 4.74 Å². The maximum Gasteiger partial charge on any atom is 0.411 e. The Morgan fingerprint density at radius 3 is 2.50 bits per heavy atom. The van der Waals surface area contributed by atoms with Crippen molar-refractivity contribution in [3.8, 4) is 0 Å². The van der Waals surface area contributed by atoms with Crippen molar-refractivity contribution in [3.05, 3.63) is 24.3 Å². The van der Waals surface area contributed by atoms with Crippen LogP contribution in [0.2, 0.25) is 0 Å². The van der Waals surface area contributed by atoms with Crippen LogP contribution < -0.4 is 16.0 Å². The number of carbonyl (C=O) groups is 2. The molecule has 0 spiro atoms. The molecule has 0 aromatic heterocycles. The van der Waals surface area contributed by atoms with E-state index in [0.717, 1.165) is 19.0 Å². The summed E-state index contributed by atoms with van der Waals surface area (Å²) in [7, 11) is 0. The van der Waals surface area contributed by atoms with Crippen LogP contribution in [0.4, 0.5) is 21.0 Å². The first-order valence-corrected chi connectivity index (χ1v) is 9.30. The van der Waals surface area contributed by atoms with Crippen LogP contribution in [0.3, 0.4) is 0 Å². The number of amides is 3. The van der Waals surface area contributed by atoms with Crippen molar-refractivity contribution in [3.63, 3.8) is 0 Å². The molecule has 26 heavy (non-hydrogen) atoms. The summed E-state index contributed by atoms with van der Waals surface area (Å²) in [6.07, 6.45) is 2.02. The van der Waals surface area contributed by atoms with Gasteiger partial charge in [-0.15, -0.1) is 0 Å². The van der Waals surface area contributed by atoms with Gasteiger partial charge in [0, 0.05) is 30.5 Å². The Kier molecular flexibility index (Phi) is 7.72. The highest BCUT2D eigenvalue weighted by Gasteiger charge is 2.21. The molecule has 144 valence electrons. The smallest absolute Gasteiger partial charge is 0.411 e. The summed E-state index contributed by atoms with van der Waals surface area (Å²) in [4.78, 5) is 25.9. The number of benzene rings is 1. The summed E-state index contributed by atoms with van der Waals surface area (Å²) in [6.45, 7) is 9.30. The number of rotatable bonds is 6. The first kappa shape index (κ1) is 20.0. The standard InChI is InChI=1S/C19H30N4O3/c1-4-26-19(25)22-17-9-7-16(8-10-17)21-18(24)20-12-15(3)23-11-5-6-14(2)13-23/h7-10,14-15H,4-6,11-13H2,1-3H3,(H,22,25)(H2,20,21,24). The van der Waals surface area contributed by atoms with Crippen molar-refractivity contribution < 1.29 is 14.3 Å². The number of piperidine rings is 1. The molecule has 2 unspecified atom stereocenters. The molecule has 3 amide bonds. The van der Waals surface area contributed by atoms with Gasteiger partial charge in [-0.2, -0.15) is 0 Å². The molecule has 0 bridgehead atoms. The molecule has 7 nitrogen and oxygen atoms in total. The zero-order chi connectivity index (χ0) is 18.9. The monoisotopic (exact) mass is 362 g/mol. The molecule has 2 rings (SSSR count). The van der Waals surface area contributed by atoms with Crippen molar-refractivity contribution in [1.82, 2.24) is 10.2 Å². The highest BCUT2D eigenvalue weighted by Crippen LogP contribution is 2.17. The largest absolute Gasteiger partial charge is 0.450 e. The number of nitrogens with one attached hydrogen (secondary N) is 3. The molecule has 1 fully saturated rings. The SMILES string of the molecule is CCOC(=O)Nc1ccc(NC(=O)NCC(C)N2CCCC(C)C2)cc1. The van der Waals surface area contributed by atoms with Gasteiger partial charge in [-0.1, -0.05) is 6.92 Å². The lowest BCUT2D eigenvalue weighted by atomic mass is 9.99. The number of urea groups is 1. The summed E-state index contributed by atoms with van der Waals surface area (Å²) in [5.74, 6) is 0.724. The van der Waals surface area contributed by atoms with E-state index < -0.39 is 6.09 Å². The van der Waals surface area contributed by atoms with Gasteiger partial charge in [-0.25, -0.2) is 9.59 Å². The first-order chi connectivity index (χ1) is 12.5. The lowest BCUT2D eigenvalue weighted by Crippen LogP contribution is -2.47. The lowest BCUT2D eigenvalue weighted by Gasteiger charge is -2.35. The zero-order valence-corrected chi connectivity index (χ0v) is 15.9. The molecule has 1 aliphatic heterocycles. The number of carbonyl (C=O) groups excluding carboxylic acids is 2. The van der Waals surface area contributed by atoms with Crippen LogP contribution in [-0.2, 0) is 4.74 Å². The number of anilines is 2. The predicted octanol–water partition coefficient (Wildman–Crippen LogP) is 3.50. The fraction of sp³-hybridized carbons (Fsp3) is 0.579. The Morgan fingerprint density at radius 2 is 1.88 bits per heavy atom. The Labute approximate surface area is 155 Å². The molecule has 1 aromatic carbocycles. The van der Waals surface area contributed by atoms with Crippen molar-refractivity contribution >= 4 is 23.5 Å². The van der Waals surface area contributed by atoms with Crippen LogP contribution in [0.5, 0.6) is 0 Å². The van der Waals surface area contributed by atoms with Crippen LogP contribution in [0.15, 0.2) is 24.3 Å². The average Bonchev–Trinajstić information content (AvgIpc) is 2.61. The normalized spacial score (nSPS) is 18.7. The molecule has 2 atom stereocenters. The Balaban J connectivity index is 1.74. The van der Waals surface area contributed by atoms with E-state index in [0.29, 0.717) is 30.6 Å². The van der Waals surface area contributed by atoms with Crippen molar-refractivity contribution in [1.29, 1.82) is 0 Å². The van der Waals surface area contributed by atoms with Gasteiger partial charge in [0.1, 0.15) is 0 Å². The summed E-state index contributed by atoms with van der Waals surface area (Å²) in [6, 6.07) is 6.98. The number of likely N-dealkylation sites (tertiary alicyclic amines) is 1.